The Hall–Kier alpha value is -3.43. The molecule has 2 saturated heterocycles. The van der Waals surface area contributed by atoms with Gasteiger partial charge in [0.2, 0.25) is 0 Å². The molecule has 3 heterocycles. The fourth-order valence-corrected chi connectivity index (χ4v) is 6.09. The molecule has 0 unspecified atom stereocenters. The number of hydrogen-bond donors (Lipinski definition) is 1. The Morgan fingerprint density at radius 3 is 2.54 bits per heavy atom. The van der Waals surface area contributed by atoms with E-state index in [0.717, 1.165) is 81.2 Å². The Morgan fingerprint density at radius 1 is 1.05 bits per heavy atom. The molecular weight excluding hydrogens is 497 g/mol. The molecular formula is C30H38FN5O3. The summed E-state index contributed by atoms with van der Waals surface area (Å²) in [6, 6.07) is 15.4. The van der Waals surface area contributed by atoms with E-state index in [0.29, 0.717) is 24.1 Å². The molecule has 0 aliphatic carbocycles. The summed E-state index contributed by atoms with van der Waals surface area (Å²) in [6.45, 7) is 6.04. The molecule has 2 aromatic carbocycles. The molecule has 0 bridgehead atoms. The van der Waals surface area contributed by atoms with E-state index < -0.39 is 0 Å². The van der Waals surface area contributed by atoms with Crippen molar-refractivity contribution < 1.29 is 18.7 Å². The third-order valence-corrected chi connectivity index (χ3v) is 8.19. The molecule has 0 saturated carbocycles. The average molecular weight is 536 g/mol. The van der Waals surface area contributed by atoms with E-state index in [4.69, 9.17) is 9.47 Å². The number of ether oxygens (including phenoxy) is 2. The lowest BCUT2D eigenvalue weighted by molar-refractivity contribution is -0.141. The number of halogens is 1. The molecule has 208 valence electrons. The van der Waals surface area contributed by atoms with Gasteiger partial charge in [0.05, 0.1) is 31.8 Å². The SMILES string of the molecule is COC(=O)CC[C@H]1CN(Cc2cn[nH]c2-c2ccc(OC)cc2)CC[C@H]1N1CCN(c2ccccc2F)CC1. The lowest BCUT2D eigenvalue weighted by atomic mass is 9.86. The molecule has 0 spiro atoms. The highest BCUT2D eigenvalue weighted by molar-refractivity contribution is 5.69. The molecule has 2 atom stereocenters. The fourth-order valence-electron chi connectivity index (χ4n) is 6.09. The van der Waals surface area contributed by atoms with E-state index >= 15 is 0 Å². The number of nitrogens with zero attached hydrogens (tertiary/aromatic N) is 4. The van der Waals surface area contributed by atoms with Crippen LogP contribution in [0.25, 0.3) is 11.3 Å². The minimum Gasteiger partial charge on any atom is -0.497 e. The molecule has 1 aromatic heterocycles. The van der Waals surface area contributed by atoms with Gasteiger partial charge in [0.1, 0.15) is 11.6 Å². The summed E-state index contributed by atoms with van der Waals surface area (Å²) in [5.74, 6) is 0.842. The third-order valence-electron chi connectivity index (χ3n) is 8.19. The highest BCUT2D eigenvalue weighted by Crippen LogP contribution is 2.31. The number of hydrogen-bond acceptors (Lipinski definition) is 7. The topological polar surface area (TPSA) is 73.9 Å². The van der Waals surface area contributed by atoms with Crippen LogP contribution in [0.4, 0.5) is 10.1 Å². The number of benzene rings is 2. The van der Waals surface area contributed by atoms with Crippen molar-refractivity contribution in [2.24, 2.45) is 5.92 Å². The number of carbonyl (C=O) groups excluding carboxylic acids is 1. The molecule has 2 fully saturated rings. The second kappa shape index (κ2) is 12.6. The van der Waals surface area contributed by atoms with Gasteiger partial charge in [-0.2, -0.15) is 5.10 Å². The molecule has 2 aliphatic rings. The summed E-state index contributed by atoms with van der Waals surface area (Å²) in [5.41, 5.74) is 3.94. The average Bonchev–Trinajstić information content (AvgIpc) is 3.44. The number of anilines is 1. The van der Waals surface area contributed by atoms with Crippen LogP contribution in [-0.2, 0) is 16.1 Å². The van der Waals surface area contributed by atoms with Gasteiger partial charge in [-0.1, -0.05) is 12.1 Å². The standard InChI is InChI=1S/C30H38FN5O3/c1-38-25-10-7-22(8-11-25)30-24(19-32-33-30)21-34-14-13-27(23(20-34)9-12-29(37)39-2)35-15-17-36(18-16-35)28-6-4-3-5-26(28)31/h3-8,10-11,19,23,27H,9,12-18,20-21H2,1-2H3,(H,32,33)/t23-,27+/m0/s1. The molecule has 0 radical (unpaired) electrons. The number of piperidine rings is 1. The van der Waals surface area contributed by atoms with E-state index in [9.17, 15) is 9.18 Å². The number of H-pyrrole nitrogens is 1. The Bertz CT molecular complexity index is 1230. The second-order valence-electron chi connectivity index (χ2n) is 10.4. The van der Waals surface area contributed by atoms with Gasteiger partial charge in [0.25, 0.3) is 0 Å². The van der Waals surface area contributed by atoms with Crippen LogP contribution in [0, 0.1) is 11.7 Å². The zero-order valence-corrected chi connectivity index (χ0v) is 22.8. The number of methoxy groups -OCH3 is 2. The van der Waals surface area contributed by atoms with Crippen molar-refractivity contribution in [1.29, 1.82) is 0 Å². The number of nitrogens with one attached hydrogen (secondary N) is 1. The zero-order chi connectivity index (χ0) is 27.2. The maximum atomic E-state index is 14.4. The van der Waals surface area contributed by atoms with Gasteiger partial charge >= 0.3 is 5.97 Å². The van der Waals surface area contributed by atoms with E-state index in [2.05, 4.69) is 24.9 Å². The van der Waals surface area contributed by atoms with Gasteiger partial charge in [0.15, 0.2) is 0 Å². The maximum Gasteiger partial charge on any atom is 0.305 e. The van der Waals surface area contributed by atoms with Crippen LogP contribution in [0.2, 0.25) is 0 Å². The van der Waals surface area contributed by atoms with Gasteiger partial charge in [-0.25, -0.2) is 4.39 Å². The monoisotopic (exact) mass is 535 g/mol. The van der Waals surface area contributed by atoms with Crippen molar-refractivity contribution in [3.8, 4) is 17.0 Å². The number of aromatic amines is 1. The Morgan fingerprint density at radius 2 is 1.82 bits per heavy atom. The molecule has 2 aliphatic heterocycles. The van der Waals surface area contributed by atoms with Crippen LogP contribution in [0.1, 0.15) is 24.8 Å². The smallest absolute Gasteiger partial charge is 0.305 e. The number of aromatic nitrogens is 2. The summed E-state index contributed by atoms with van der Waals surface area (Å²) >= 11 is 0. The Labute approximate surface area is 229 Å². The first kappa shape index (κ1) is 27.1. The fraction of sp³-hybridized carbons (Fsp3) is 0.467. The first-order valence-corrected chi connectivity index (χ1v) is 13.7. The molecule has 3 aromatic rings. The zero-order valence-electron chi connectivity index (χ0n) is 22.8. The van der Waals surface area contributed by atoms with Crippen LogP contribution < -0.4 is 9.64 Å². The number of piperazine rings is 1. The van der Waals surface area contributed by atoms with Crippen molar-refractivity contribution in [3.63, 3.8) is 0 Å². The molecule has 5 rings (SSSR count). The minimum atomic E-state index is -0.163. The minimum absolute atomic E-state index is 0.160. The van der Waals surface area contributed by atoms with Crippen LogP contribution >= 0.6 is 0 Å². The second-order valence-corrected chi connectivity index (χ2v) is 10.4. The van der Waals surface area contributed by atoms with Crippen LogP contribution in [0.3, 0.4) is 0 Å². The maximum absolute atomic E-state index is 14.4. The first-order valence-electron chi connectivity index (χ1n) is 13.7. The van der Waals surface area contributed by atoms with Gasteiger partial charge in [-0.3, -0.25) is 19.7 Å². The van der Waals surface area contributed by atoms with Crippen molar-refractivity contribution in [3.05, 3.63) is 66.1 Å². The Kier molecular flexibility index (Phi) is 8.78. The van der Waals surface area contributed by atoms with Crippen LogP contribution in [0.15, 0.2) is 54.7 Å². The van der Waals surface area contributed by atoms with Gasteiger partial charge in [-0.15, -0.1) is 0 Å². The lowest BCUT2D eigenvalue weighted by Crippen LogP contribution is -2.56. The number of carbonyl (C=O) groups is 1. The largest absolute Gasteiger partial charge is 0.497 e. The van der Waals surface area contributed by atoms with Crippen molar-refractivity contribution in [2.75, 3.05) is 58.4 Å². The summed E-state index contributed by atoms with van der Waals surface area (Å²) in [6.07, 6.45) is 4.15. The molecule has 0 amide bonds. The quantitative estimate of drug-likeness (QED) is 0.412. The number of rotatable bonds is 9. The van der Waals surface area contributed by atoms with Crippen molar-refractivity contribution in [2.45, 2.75) is 31.8 Å². The molecule has 8 nitrogen and oxygen atoms in total. The van der Waals surface area contributed by atoms with Crippen LogP contribution in [0.5, 0.6) is 5.75 Å². The van der Waals surface area contributed by atoms with Gasteiger partial charge < -0.3 is 14.4 Å². The number of para-hydroxylation sites is 1. The predicted molar refractivity (Wildman–Crippen MR) is 149 cm³/mol. The van der Waals surface area contributed by atoms with Crippen molar-refractivity contribution >= 4 is 11.7 Å². The highest BCUT2D eigenvalue weighted by atomic mass is 19.1. The van der Waals surface area contributed by atoms with Gasteiger partial charge in [0, 0.05) is 62.9 Å². The third kappa shape index (κ3) is 6.42. The van der Waals surface area contributed by atoms with Crippen LogP contribution in [-0.4, -0.2) is 85.5 Å². The summed E-state index contributed by atoms with van der Waals surface area (Å²) in [5, 5.41) is 7.51. The predicted octanol–water partition coefficient (Wildman–Crippen LogP) is 4.19. The molecule has 1 N–H and O–H groups in total. The summed E-state index contributed by atoms with van der Waals surface area (Å²) in [7, 11) is 3.12. The number of likely N-dealkylation sites (tertiary alicyclic amines) is 1. The van der Waals surface area contributed by atoms with E-state index in [-0.39, 0.29) is 11.8 Å². The van der Waals surface area contributed by atoms with E-state index in [1.54, 1.807) is 13.2 Å². The van der Waals surface area contributed by atoms with E-state index in [1.165, 1.54) is 13.2 Å². The normalized spacial score (nSPS) is 20.6. The van der Waals surface area contributed by atoms with Crippen molar-refractivity contribution in [1.82, 2.24) is 20.0 Å². The molecule has 9 heteroatoms. The Balaban J connectivity index is 1.25. The summed E-state index contributed by atoms with van der Waals surface area (Å²) < 4.78 is 24.6. The lowest BCUT2D eigenvalue weighted by Gasteiger charge is -2.47. The summed E-state index contributed by atoms with van der Waals surface area (Å²) in [4.78, 5) is 19.2. The number of esters is 1. The van der Waals surface area contributed by atoms with Gasteiger partial charge in [-0.05, 0) is 61.7 Å². The highest BCUT2D eigenvalue weighted by Gasteiger charge is 2.35. The first-order chi connectivity index (χ1) is 19.1. The molecule has 39 heavy (non-hydrogen) atoms. The van der Waals surface area contributed by atoms with E-state index in [1.807, 2.05) is 42.6 Å².